The number of benzene rings is 1. The third kappa shape index (κ3) is 2.42. The minimum Gasteiger partial charge on any atom is -0.363 e. The van der Waals surface area contributed by atoms with E-state index in [9.17, 15) is 4.79 Å². The number of nitrogens with two attached hydrogens (primary N) is 1. The van der Waals surface area contributed by atoms with E-state index in [2.05, 4.69) is 25.9 Å². The molecular weight excluding hydrogens is 228 g/mol. The topological polar surface area (TPSA) is 69.1 Å². The van der Waals surface area contributed by atoms with Crippen LogP contribution >= 0.6 is 0 Å². The van der Waals surface area contributed by atoms with Gasteiger partial charge in [-0.15, -0.1) is 0 Å². The van der Waals surface area contributed by atoms with Gasteiger partial charge in [0.25, 0.3) is 5.91 Å². The van der Waals surface area contributed by atoms with Gasteiger partial charge in [-0.05, 0) is 11.0 Å². The summed E-state index contributed by atoms with van der Waals surface area (Å²) in [6.07, 6.45) is 0. The van der Waals surface area contributed by atoms with Gasteiger partial charge in [-0.2, -0.15) is 0 Å². The highest BCUT2D eigenvalue weighted by Gasteiger charge is 2.14. The van der Waals surface area contributed by atoms with Crippen molar-refractivity contribution in [2.75, 3.05) is 0 Å². The van der Waals surface area contributed by atoms with Gasteiger partial charge < -0.3 is 10.3 Å². The van der Waals surface area contributed by atoms with Crippen molar-refractivity contribution in [3.8, 4) is 11.3 Å². The summed E-state index contributed by atoms with van der Waals surface area (Å²) < 4.78 is 4.85. The molecule has 0 spiro atoms. The quantitative estimate of drug-likeness (QED) is 0.883. The number of carbonyl (C=O) groups is 1. The summed E-state index contributed by atoms with van der Waals surface area (Å²) in [7, 11) is 0. The fraction of sp³-hybridized carbons (Fsp3) is 0.286. The second kappa shape index (κ2) is 4.29. The van der Waals surface area contributed by atoms with Gasteiger partial charge in [0.05, 0.1) is 0 Å². The van der Waals surface area contributed by atoms with Gasteiger partial charge in [0.15, 0.2) is 0 Å². The van der Waals surface area contributed by atoms with E-state index >= 15 is 0 Å². The van der Waals surface area contributed by atoms with E-state index in [0.717, 1.165) is 5.56 Å². The molecule has 4 nitrogen and oxygen atoms in total. The molecule has 2 aromatic rings. The van der Waals surface area contributed by atoms with Gasteiger partial charge in [0, 0.05) is 11.6 Å². The Hall–Kier alpha value is -2.10. The van der Waals surface area contributed by atoms with Crippen molar-refractivity contribution in [2.45, 2.75) is 26.2 Å². The molecule has 1 amide bonds. The lowest BCUT2D eigenvalue weighted by molar-refractivity contribution is 0.0965. The maximum atomic E-state index is 10.9. The predicted octanol–water partition coefficient (Wildman–Crippen LogP) is 2.74. The molecule has 0 saturated heterocycles. The third-order valence-corrected chi connectivity index (χ3v) is 2.80. The number of hydrogen-bond donors (Lipinski definition) is 1. The lowest BCUT2D eigenvalue weighted by atomic mass is 9.86. The summed E-state index contributed by atoms with van der Waals surface area (Å²) in [5.74, 6) is -0.537. The number of primary amides is 1. The maximum absolute atomic E-state index is 10.9. The maximum Gasteiger partial charge on any atom is 0.287 e. The molecule has 1 heterocycles. The largest absolute Gasteiger partial charge is 0.363 e. The molecular formula is C14H16N2O2. The second-order valence-electron chi connectivity index (χ2n) is 5.27. The highest BCUT2D eigenvalue weighted by atomic mass is 16.5. The highest BCUT2D eigenvalue weighted by Crippen LogP contribution is 2.25. The van der Waals surface area contributed by atoms with E-state index < -0.39 is 5.91 Å². The number of carbonyl (C=O) groups excluding carboxylic acids is 1. The van der Waals surface area contributed by atoms with Gasteiger partial charge in [-0.1, -0.05) is 50.2 Å². The molecule has 2 rings (SSSR count). The summed E-state index contributed by atoms with van der Waals surface area (Å²) in [6, 6.07) is 9.57. The number of aromatic nitrogens is 1. The van der Waals surface area contributed by atoms with Crippen molar-refractivity contribution in [1.82, 2.24) is 5.16 Å². The molecule has 0 bridgehead atoms. The van der Waals surface area contributed by atoms with Crippen LogP contribution in [-0.2, 0) is 5.41 Å². The molecule has 2 N–H and O–H groups in total. The first-order valence-corrected chi connectivity index (χ1v) is 5.75. The minimum atomic E-state index is -0.611. The van der Waals surface area contributed by atoms with Gasteiger partial charge >= 0.3 is 0 Å². The van der Waals surface area contributed by atoms with Crippen molar-refractivity contribution in [3.05, 3.63) is 41.7 Å². The van der Waals surface area contributed by atoms with Crippen LogP contribution in [0.3, 0.4) is 0 Å². The van der Waals surface area contributed by atoms with Gasteiger partial charge in [-0.25, -0.2) is 0 Å². The third-order valence-electron chi connectivity index (χ3n) is 2.80. The lowest BCUT2D eigenvalue weighted by Gasteiger charge is -2.18. The molecule has 94 valence electrons. The monoisotopic (exact) mass is 244 g/mol. The SMILES string of the molecule is CC(C)(C)c1ccc(-c2cc(C(N)=O)on2)cc1. The number of nitrogens with zero attached hydrogens (tertiary/aromatic N) is 1. The van der Waals surface area contributed by atoms with Crippen molar-refractivity contribution in [3.63, 3.8) is 0 Å². The Morgan fingerprint density at radius 3 is 2.28 bits per heavy atom. The number of rotatable bonds is 2. The average Bonchev–Trinajstić information content (AvgIpc) is 2.77. The Bertz CT molecular complexity index is 562. The van der Waals surface area contributed by atoms with E-state index in [1.807, 2.05) is 24.3 Å². The van der Waals surface area contributed by atoms with Crippen molar-refractivity contribution < 1.29 is 9.32 Å². The van der Waals surface area contributed by atoms with E-state index in [1.165, 1.54) is 5.56 Å². The van der Waals surface area contributed by atoms with Crippen LogP contribution in [0.4, 0.5) is 0 Å². The predicted molar refractivity (Wildman–Crippen MR) is 69.2 cm³/mol. The van der Waals surface area contributed by atoms with Crippen molar-refractivity contribution in [2.24, 2.45) is 5.73 Å². The lowest BCUT2D eigenvalue weighted by Crippen LogP contribution is -2.10. The Kier molecular flexibility index (Phi) is 2.95. The van der Waals surface area contributed by atoms with E-state index in [-0.39, 0.29) is 11.2 Å². The summed E-state index contributed by atoms with van der Waals surface area (Å²) in [6.45, 7) is 6.47. The van der Waals surface area contributed by atoms with E-state index in [4.69, 9.17) is 10.3 Å². The average molecular weight is 244 g/mol. The zero-order valence-corrected chi connectivity index (χ0v) is 10.7. The standard InChI is InChI=1S/C14H16N2O2/c1-14(2,3)10-6-4-9(5-7-10)11-8-12(13(15)17)18-16-11/h4-8H,1-3H3,(H2,15,17). The summed E-state index contributed by atoms with van der Waals surface area (Å²) in [5, 5.41) is 3.82. The fourth-order valence-electron chi connectivity index (χ4n) is 1.67. The van der Waals surface area contributed by atoms with Crippen LogP contribution < -0.4 is 5.73 Å². The second-order valence-corrected chi connectivity index (χ2v) is 5.27. The van der Waals surface area contributed by atoms with Crippen LogP contribution in [0, 0.1) is 0 Å². The van der Waals surface area contributed by atoms with E-state index in [1.54, 1.807) is 6.07 Å². The summed E-state index contributed by atoms with van der Waals surface area (Å²) >= 11 is 0. The molecule has 0 fully saturated rings. The van der Waals surface area contributed by atoms with Gasteiger partial charge in [0.1, 0.15) is 5.69 Å². The molecule has 18 heavy (non-hydrogen) atoms. The molecule has 0 aliphatic carbocycles. The first-order chi connectivity index (χ1) is 8.38. The van der Waals surface area contributed by atoms with Crippen LogP contribution in [0.2, 0.25) is 0 Å². The van der Waals surface area contributed by atoms with Crippen LogP contribution in [-0.4, -0.2) is 11.1 Å². The first-order valence-electron chi connectivity index (χ1n) is 5.75. The fourth-order valence-corrected chi connectivity index (χ4v) is 1.67. The zero-order chi connectivity index (χ0) is 13.3. The van der Waals surface area contributed by atoms with Crippen LogP contribution in [0.15, 0.2) is 34.9 Å². The first kappa shape index (κ1) is 12.4. The van der Waals surface area contributed by atoms with Crippen molar-refractivity contribution >= 4 is 5.91 Å². The highest BCUT2D eigenvalue weighted by molar-refractivity contribution is 5.90. The smallest absolute Gasteiger partial charge is 0.287 e. The molecule has 0 saturated carbocycles. The van der Waals surface area contributed by atoms with E-state index in [0.29, 0.717) is 5.69 Å². The Balaban J connectivity index is 2.31. The molecule has 1 aromatic heterocycles. The number of hydrogen-bond acceptors (Lipinski definition) is 3. The molecule has 4 heteroatoms. The minimum absolute atomic E-state index is 0.0740. The number of amides is 1. The Morgan fingerprint density at radius 1 is 1.22 bits per heavy atom. The van der Waals surface area contributed by atoms with Crippen LogP contribution in [0.25, 0.3) is 11.3 Å². The molecule has 0 aliphatic heterocycles. The summed E-state index contributed by atoms with van der Waals surface area (Å²) in [4.78, 5) is 10.9. The van der Waals surface area contributed by atoms with Crippen molar-refractivity contribution in [1.29, 1.82) is 0 Å². The van der Waals surface area contributed by atoms with Gasteiger partial charge in [0.2, 0.25) is 5.76 Å². The summed E-state index contributed by atoms with van der Waals surface area (Å²) in [5.41, 5.74) is 7.98. The Morgan fingerprint density at radius 2 is 1.83 bits per heavy atom. The van der Waals surface area contributed by atoms with Crippen LogP contribution in [0.1, 0.15) is 36.9 Å². The molecule has 0 radical (unpaired) electrons. The normalized spacial score (nSPS) is 11.5. The molecule has 1 aromatic carbocycles. The Labute approximate surface area is 106 Å². The molecule has 0 aliphatic rings. The zero-order valence-electron chi connectivity index (χ0n) is 10.7. The van der Waals surface area contributed by atoms with Crippen LogP contribution in [0.5, 0.6) is 0 Å². The molecule has 0 unspecified atom stereocenters. The van der Waals surface area contributed by atoms with Gasteiger partial charge in [-0.3, -0.25) is 4.79 Å². The molecule has 0 atom stereocenters.